The summed E-state index contributed by atoms with van der Waals surface area (Å²) in [5, 5.41) is 36.0. The highest BCUT2D eigenvalue weighted by Gasteiger charge is 2.53. The Bertz CT molecular complexity index is 2740. The first-order chi connectivity index (χ1) is 22.4. The average molecular weight is 750 g/mol. The monoisotopic (exact) mass is 750 g/mol. The lowest BCUT2D eigenvalue weighted by molar-refractivity contribution is 0.132. The van der Waals surface area contributed by atoms with E-state index in [0.717, 1.165) is 13.2 Å². The van der Waals surface area contributed by atoms with E-state index in [1.165, 1.54) is 30.5 Å². The number of nitrogens with zero attached hydrogens (tertiary/aromatic N) is 1. The number of hydrogen-bond acceptors (Lipinski definition) is 11. The number of nitrogens with one attached hydrogen (secondary N) is 1. The Morgan fingerprint density at radius 2 is 1.62 bits per heavy atom. The van der Waals surface area contributed by atoms with Crippen molar-refractivity contribution in [3.63, 3.8) is 0 Å². The number of ether oxygens (including phenoxy) is 1. The van der Waals surface area contributed by atoms with Crippen molar-refractivity contribution in [3.8, 4) is 11.5 Å². The van der Waals surface area contributed by atoms with Crippen molar-refractivity contribution in [3.05, 3.63) is 140 Å². The summed E-state index contributed by atoms with van der Waals surface area (Å²) in [6, 6.07) is 7.95. The smallest absolute Gasteiger partial charge is 0.260 e. The van der Waals surface area contributed by atoms with Gasteiger partial charge in [-0.2, -0.15) is 0 Å². The minimum absolute atomic E-state index is 0.0381. The second-order valence-corrected chi connectivity index (χ2v) is 12.2. The maximum absolute atomic E-state index is 13.7. The van der Waals surface area contributed by atoms with Gasteiger partial charge >= 0.3 is 0 Å². The van der Waals surface area contributed by atoms with Gasteiger partial charge in [0, 0.05) is 20.6 Å². The number of pyridine rings is 1. The summed E-state index contributed by atoms with van der Waals surface area (Å²) in [6.07, 6.45) is 1.26. The molecule has 7 rings (SSSR count). The number of H-pyrrole nitrogens is 1. The van der Waals surface area contributed by atoms with E-state index >= 15 is 0 Å². The lowest BCUT2D eigenvalue weighted by atomic mass is 9.78. The molecule has 47 heavy (non-hydrogen) atoms. The number of hydrogen-bond donors (Lipinski definition) is 4. The molecular weight excluding hydrogens is 730 g/mol. The maximum atomic E-state index is 13.7. The zero-order valence-electron chi connectivity index (χ0n) is 24.1. The van der Waals surface area contributed by atoms with Crippen LogP contribution in [0.4, 0.5) is 4.39 Å². The normalized spacial score (nSPS) is 16.9. The Balaban J connectivity index is 1.42. The van der Waals surface area contributed by atoms with E-state index in [4.69, 9.17) is 9.57 Å². The predicted molar refractivity (Wildman–Crippen MR) is 175 cm³/mol. The van der Waals surface area contributed by atoms with Crippen molar-refractivity contribution in [1.82, 2.24) is 4.98 Å². The summed E-state index contributed by atoms with van der Waals surface area (Å²) >= 11 is 1.96. The van der Waals surface area contributed by atoms with Gasteiger partial charge in [-0.15, -0.1) is 0 Å². The fraction of sp³-hybridized carbons (Fsp3) is 0.152. The number of aromatic amines is 1. The Morgan fingerprint density at radius 3 is 2.28 bits per heavy atom. The van der Waals surface area contributed by atoms with E-state index in [1.807, 2.05) is 22.6 Å². The van der Waals surface area contributed by atoms with E-state index in [-0.39, 0.29) is 36.1 Å². The van der Waals surface area contributed by atoms with Crippen LogP contribution in [-0.4, -0.2) is 33.6 Å². The number of rotatable bonds is 5. The van der Waals surface area contributed by atoms with Crippen molar-refractivity contribution in [1.29, 1.82) is 0 Å². The second kappa shape index (κ2) is 10.6. The van der Waals surface area contributed by atoms with E-state index in [2.05, 4.69) is 10.1 Å². The van der Waals surface area contributed by atoms with Gasteiger partial charge in [0.25, 0.3) is 5.56 Å². The van der Waals surface area contributed by atoms with Gasteiger partial charge < -0.3 is 29.9 Å². The molecule has 4 N–H and O–H groups in total. The van der Waals surface area contributed by atoms with Crippen molar-refractivity contribution in [2.24, 2.45) is 5.16 Å². The Kier molecular flexibility index (Phi) is 6.82. The lowest BCUT2D eigenvalue weighted by Gasteiger charge is -2.27. The molecule has 4 aliphatic carbocycles. The highest BCUT2D eigenvalue weighted by Crippen LogP contribution is 2.55. The number of aromatic nitrogens is 1. The molecular formula is C33H20FIN2O10. The fourth-order valence-corrected chi connectivity index (χ4v) is 7.63. The molecule has 4 aliphatic rings. The molecule has 0 saturated carbocycles. The molecule has 2 aromatic carbocycles. The predicted octanol–water partition coefficient (Wildman–Crippen LogP) is 0.808. The SMILES string of the molecule is COc1cc(=O)c2c(=O)c3c(c(=O)c=2c1=O)=C(O)[C@]1(CCc2c1c(O)c1c(=O)[nH]c(C=NOCc4ccc(F)cc4)cc1c2I)C=3O. The molecule has 0 saturated heterocycles. The minimum Gasteiger partial charge on any atom is -0.510 e. The van der Waals surface area contributed by atoms with Crippen LogP contribution in [0.2, 0.25) is 0 Å². The van der Waals surface area contributed by atoms with Crippen LogP contribution in [0.5, 0.6) is 11.5 Å². The molecule has 12 nitrogen and oxygen atoms in total. The highest BCUT2D eigenvalue weighted by molar-refractivity contribution is 14.1. The van der Waals surface area contributed by atoms with Crippen molar-refractivity contribution in [2.45, 2.75) is 24.9 Å². The molecule has 3 aromatic rings. The quantitative estimate of drug-likeness (QED) is 0.114. The Hall–Kier alpha value is -5.38. The first kappa shape index (κ1) is 30.3. The van der Waals surface area contributed by atoms with Gasteiger partial charge in [-0.05, 0) is 64.8 Å². The molecule has 0 bridgehead atoms. The zero-order chi connectivity index (χ0) is 33.5. The molecule has 1 aromatic heterocycles. The molecule has 1 atom stereocenters. The van der Waals surface area contributed by atoms with Gasteiger partial charge in [-0.1, -0.05) is 17.3 Å². The molecule has 0 amide bonds. The summed E-state index contributed by atoms with van der Waals surface area (Å²) in [5.41, 5.74) is -5.81. The summed E-state index contributed by atoms with van der Waals surface area (Å²) in [5.74, 6) is -3.02. The number of halogens is 2. The number of fused-ring (bicyclic) bond motifs is 4. The van der Waals surface area contributed by atoms with Crippen LogP contribution >= 0.6 is 22.6 Å². The molecule has 0 fully saturated rings. The van der Waals surface area contributed by atoms with E-state index in [0.29, 0.717) is 20.1 Å². The third-order valence-electron chi connectivity index (χ3n) is 8.79. The number of phenols is 1. The van der Waals surface area contributed by atoms with Gasteiger partial charge in [-0.3, -0.25) is 24.0 Å². The molecule has 0 unspecified atom stereocenters. The van der Waals surface area contributed by atoms with Crippen LogP contribution < -0.4 is 42.4 Å². The third-order valence-corrected chi connectivity index (χ3v) is 10.0. The average Bonchev–Trinajstić information content (AvgIpc) is 3.55. The second-order valence-electron chi connectivity index (χ2n) is 11.2. The number of benzene rings is 2. The minimum atomic E-state index is -2.01. The number of methoxy groups -OCH3 is 1. The zero-order valence-corrected chi connectivity index (χ0v) is 26.2. The lowest BCUT2D eigenvalue weighted by Crippen LogP contribution is -2.51. The third kappa shape index (κ3) is 4.10. The summed E-state index contributed by atoms with van der Waals surface area (Å²) in [6.45, 7) is 0.0381. The molecule has 14 heteroatoms. The van der Waals surface area contributed by atoms with Crippen molar-refractivity contribution >= 4 is 51.1 Å². The molecule has 236 valence electrons. The maximum Gasteiger partial charge on any atom is 0.260 e. The fourth-order valence-electron chi connectivity index (χ4n) is 6.67. The van der Waals surface area contributed by atoms with Crippen LogP contribution in [0, 0.1) is 19.8 Å². The number of aliphatic hydroxyl groups excluding tert-OH is 2. The summed E-state index contributed by atoms with van der Waals surface area (Å²) < 4.78 is 18.5. The number of phenolic OH excluding ortho intramolecular Hbond substituents is 1. The van der Waals surface area contributed by atoms with Crippen LogP contribution in [0.3, 0.4) is 0 Å². The van der Waals surface area contributed by atoms with Crippen LogP contribution in [-0.2, 0) is 23.3 Å². The van der Waals surface area contributed by atoms with Gasteiger partial charge in [0.05, 0.1) is 45.3 Å². The van der Waals surface area contributed by atoms with Gasteiger partial charge in [-0.25, -0.2) is 4.39 Å². The topological polar surface area (TPSA) is 193 Å². The molecule has 0 radical (unpaired) electrons. The largest absolute Gasteiger partial charge is 0.510 e. The number of oxime groups is 1. The first-order valence-electron chi connectivity index (χ1n) is 14.0. The van der Waals surface area contributed by atoms with Crippen LogP contribution in [0.15, 0.2) is 65.5 Å². The number of aromatic hydroxyl groups is 1. The molecule has 1 heterocycles. The first-order valence-corrected chi connectivity index (χ1v) is 15.1. The van der Waals surface area contributed by atoms with E-state index in [1.54, 1.807) is 6.07 Å². The standard InChI is InChI=1S/C33H20FIN2O10/c1-46-18-9-17(38)20-21(26(18)39)28(41)23-22(27(20)40)30(43)33(31(23)44)7-6-15-24(33)29(42)19-16(25(15)35)8-14(37-32(19)45)10-36-47-11-12-2-4-13(34)5-3-12/h2-5,8-10,42-44H,6-7,11H2,1H3,(H,37,45)/t33-/m0/s1. The molecule has 0 aliphatic heterocycles. The van der Waals surface area contributed by atoms with Crippen LogP contribution in [0.1, 0.15) is 28.8 Å². The molecule has 1 spiro atoms. The highest BCUT2D eigenvalue weighted by atomic mass is 127. The van der Waals surface area contributed by atoms with E-state index < -0.39 is 82.4 Å². The van der Waals surface area contributed by atoms with Crippen molar-refractivity contribution < 1.29 is 29.3 Å². The van der Waals surface area contributed by atoms with E-state index in [9.17, 15) is 43.7 Å². The summed E-state index contributed by atoms with van der Waals surface area (Å²) in [4.78, 5) is 74.3. The summed E-state index contributed by atoms with van der Waals surface area (Å²) in [7, 11) is 1.11. The Labute approximate surface area is 273 Å². The van der Waals surface area contributed by atoms with Crippen LogP contribution in [0.25, 0.3) is 22.3 Å². The van der Waals surface area contributed by atoms with Crippen molar-refractivity contribution in [2.75, 3.05) is 7.11 Å². The Morgan fingerprint density at radius 1 is 0.957 bits per heavy atom. The van der Waals surface area contributed by atoms with Gasteiger partial charge in [0.2, 0.25) is 16.3 Å². The number of aliphatic hydroxyl groups is 2. The van der Waals surface area contributed by atoms with Gasteiger partial charge in [0.15, 0.2) is 11.2 Å². The van der Waals surface area contributed by atoms with Gasteiger partial charge in [0.1, 0.15) is 35.1 Å².